The van der Waals surface area contributed by atoms with Crippen LogP contribution in [0.2, 0.25) is 19.6 Å². The fraction of sp³-hybridized carbons (Fsp3) is 0.294. The van der Waals surface area contributed by atoms with E-state index in [4.69, 9.17) is 0 Å². The largest absolute Gasteiger partial charge is 4.00 e. The molecule has 0 aromatic heterocycles. The average molecular weight is 406 g/mol. The SMILES string of the molecule is Cc1[c-]ccc2c1C([Si](C)(C)C)c1ccccc1-2.[Cl-].[Cl-].[Cl-].[Ti+4]. The summed E-state index contributed by atoms with van der Waals surface area (Å²) < 4.78 is 0. The zero-order valence-corrected chi connectivity index (χ0v) is 18.0. The average Bonchev–Trinajstić information content (AvgIpc) is 2.65. The Morgan fingerprint density at radius 2 is 1.50 bits per heavy atom. The molecule has 0 saturated heterocycles. The Hall–Kier alpha value is 0.241. The first-order valence-corrected chi connectivity index (χ1v) is 10.2. The first kappa shape index (κ1) is 24.5. The van der Waals surface area contributed by atoms with E-state index in [9.17, 15) is 0 Å². The summed E-state index contributed by atoms with van der Waals surface area (Å²) >= 11 is 0. The van der Waals surface area contributed by atoms with Crippen molar-refractivity contribution in [2.24, 2.45) is 0 Å². The molecule has 3 rings (SSSR count). The summed E-state index contributed by atoms with van der Waals surface area (Å²) in [4.78, 5) is 0. The van der Waals surface area contributed by atoms with E-state index in [1.54, 1.807) is 0 Å². The Morgan fingerprint density at radius 3 is 2.09 bits per heavy atom. The van der Waals surface area contributed by atoms with Crippen molar-refractivity contribution >= 4 is 8.07 Å². The quantitative estimate of drug-likeness (QED) is 0.333. The van der Waals surface area contributed by atoms with E-state index in [-0.39, 0.29) is 58.9 Å². The molecule has 2 aromatic rings. The third-order valence-corrected chi connectivity index (χ3v) is 6.29. The topological polar surface area (TPSA) is 0 Å². The van der Waals surface area contributed by atoms with E-state index in [0.717, 1.165) is 0 Å². The predicted molar refractivity (Wildman–Crippen MR) is 80.6 cm³/mol. The zero-order chi connectivity index (χ0) is 12.9. The van der Waals surface area contributed by atoms with Crippen LogP contribution in [0.25, 0.3) is 11.1 Å². The van der Waals surface area contributed by atoms with E-state index in [0.29, 0.717) is 5.54 Å². The molecule has 0 aliphatic heterocycles. The van der Waals surface area contributed by atoms with Gasteiger partial charge in [0.1, 0.15) is 0 Å². The maximum atomic E-state index is 3.39. The summed E-state index contributed by atoms with van der Waals surface area (Å²) in [6.45, 7) is 9.61. The Bertz CT molecular complexity index is 624. The van der Waals surface area contributed by atoms with Crippen LogP contribution < -0.4 is 37.2 Å². The molecule has 0 radical (unpaired) electrons. The molecular formula is C17H19Cl3SiTi. The third-order valence-electron chi connectivity index (χ3n) is 3.96. The van der Waals surface area contributed by atoms with Gasteiger partial charge >= 0.3 is 21.7 Å². The van der Waals surface area contributed by atoms with Gasteiger partial charge in [0.2, 0.25) is 0 Å². The molecule has 0 spiro atoms. The monoisotopic (exact) mass is 404 g/mol. The second kappa shape index (κ2) is 8.92. The van der Waals surface area contributed by atoms with E-state index in [2.05, 4.69) is 69.0 Å². The Labute approximate surface area is 168 Å². The number of hydrogen-bond donors (Lipinski definition) is 0. The van der Waals surface area contributed by atoms with Crippen molar-refractivity contribution < 1.29 is 58.9 Å². The molecule has 1 aliphatic carbocycles. The van der Waals surface area contributed by atoms with Crippen molar-refractivity contribution in [3.05, 3.63) is 59.2 Å². The minimum atomic E-state index is -1.28. The maximum Gasteiger partial charge on any atom is 4.00 e. The summed E-state index contributed by atoms with van der Waals surface area (Å²) in [5.41, 5.74) is 7.91. The number of aryl methyl sites for hydroxylation is 1. The smallest absolute Gasteiger partial charge is 1.00 e. The van der Waals surface area contributed by atoms with Crippen molar-refractivity contribution in [3.63, 3.8) is 0 Å². The molecule has 0 N–H and O–H groups in total. The second-order valence-corrected chi connectivity index (χ2v) is 11.6. The first-order valence-electron chi connectivity index (χ1n) is 6.60. The van der Waals surface area contributed by atoms with Gasteiger partial charge in [-0.25, -0.2) is 0 Å². The molecule has 2 aromatic carbocycles. The number of fused-ring (bicyclic) bond motifs is 3. The van der Waals surface area contributed by atoms with Crippen LogP contribution in [0.1, 0.15) is 22.2 Å². The van der Waals surface area contributed by atoms with Crippen LogP contribution >= 0.6 is 0 Å². The van der Waals surface area contributed by atoms with Crippen LogP contribution in [-0.4, -0.2) is 8.07 Å². The van der Waals surface area contributed by atoms with Gasteiger partial charge in [-0.2, -0.15) is 23.8 Å². The van der Waals surface area contributed by atoms with Gasteiger partial charge in [0.25, 0.3) is 0 Å². The molecule has 0 fully saturated rings. The predicted octanol–water partition coefficient (Wildman–Crippen LogP) is -4.21. The van der Waals surface area contributed by atoms with Crippen molar-refractivity contribution in [1.29, 1.82) is 0 Å². The molecule has 0 heterocycles. The normalized spacial score (nSPS) is 14.3. The van der Waals surface area contributed by atoms with Gasteiger partial charge in [-0.05, 0) is 16.7 Å². The number of halogens is 3. The molecule has 116 valence electrons. The summed E-state index contributed by atoms with van der Waals surface area (Å²) in [5.74, 6) is 0. The van der Waals surface area contributed by atoms with Gasteiger partial charge in [0.05, 0.1) is 0 Å². The fourth-order valence-corrected chi connectivity index (χ4v) is 5.70. The van der Waals surface area contributed by atoms with Crippen molar-refractivity contribution in [1.82, 2.24) is 0 Å². The molecule has 5 heteroatoms. The second-order valence-electron chi connectivity index (χ2n) is 6.32. The zero-order valence-electron chi connectivity index (χ0n) is 13.2. The summed E-state index contributed by atoms with van der Waals surface area (Å²) in [6.07, 6.45) is 0. The van der Waals surface area contributed by atoms with E-state index in [1.807, 2.05) is 0 Å². The molecule has 0 amide bonds. The summed E-state index contributed by atoms with van der Waals surface area (Å²) in [6, 6.07) is 16.6. The van der Waals surface area contributed by atoms with Gasteiger partial charge in [-0.3, -0.25) is 0 Å². The van der Waals surface area contributed by atoms with Gasteiger partial charge in [-0.15, -0.1) is 11.1 Å². The molecule has 1 unspecified atom stereocenters. The Morgan fingerprint density at radius 1 is 0.909 bits per heavy atom. The van der Waals surface area contributed by atoms with Gasteiger partial charge < -0.3 is 37.2 Å². The molecule has 1 atom stereocenters. The number of rotatable bonds is 1. The Kier molecular flexibility index (Phi) is 9.93. The number of benzene rings is 2. The van der Waals surface area contributed by atoms with Crippen molar-refractivity contribution in [2.45, 2.75) is 32.1 Å². The molecule has 0 bridgehead atoms. The summed E-state index contributed by atoms with van der Waals surface area (Å²) in [7, 11) is -1.28. The van der Waals surface area contributed by atoms with Crippen molar-refractivity contribution in [2.75, 3.05) is 0 Å². The van der Waals surface area contributed by atoms with Gasteiger partial charge in [-0.1, -0.05) is 50.8 Å². The standard InChI is InChI=1S/C17H19Si.3ClH.Ti/c1-12-8-7-11-14-13-9-5-6-10-15(13)17(16(12)14)18(2,3)4;;;;/h5-7,9-11,17H,1-4H3;3*1H;/q-1;;;;+4/p-3. The van der Waals surface area contributed by atoms with Crippen LogP contribution in [0.3, 0.4) is 0 Å². The van der Waals surface area contributed by atoms with Crippen LogP contribution in [0.5, 0.6) is 0 Å². The van der Waals surface area contributed by atoms with Crippen LogP contribution in [0.4, 0.5) is 0 Å². The van der Waals surface area contributed by atoms with Crippen molar-refractivity contribution in [3.8, 4) is 11.1 Å². The van der Waals surface area contributed by atoms with Gasteiger partial charge in [0.15, 0.2) is 0 Å². The van der Waals surface area contributed by atoms with E-state index >= 15 is 0 Å². The van der Waals surface area contributed by atoms with Crippen LogP contribution in [0, 0.1) is 13.0 Å². The molecule has 0 nitrogen and oxygen atoms in total. The Balaban J connectivity index is 0. The fourth-order valence-electron chi connectivity index (χ4n) is 3.28. The first-order chi connectivity index (χ1) is 8.50. The summed E-state index contributed by atoms with van der Waals surface area (Å²) in [5, 5.41) is 0. The van der Waals surface area contributed by atoms with Crippen LogP contribution in [0.15, 0.2) is 36.4 Å². The molecule has 0 saturated carbocycles. The maximum absolute atomic E-state index is 3.39. The van der Waals surface area contributed by atoms with E-state index < -0.39 is 8.07 Å². The molecular weight excluding hydrogens is 386 g/mol. The molecule has 1 aliphatic rings. The van der Waals surface area contributed by atoms with Gasteiger partial charge in [0, 0.05) is 8.07 Å². The number of hydrogen-bond acceptors (Lipinski definition) is 0. The molecule has 22 heavy (non-hydrogen) atoms. The van der Waals surface area contributed by atoms with E-state index in [1.165, 1.54) is 27.8 Å². The third kappa shape index (κ3) is 4.01. The van der Waals surface area contributed by atoms with Crippen LogP contribution in [-0.2, 0) is 21.7 Å². The minimum Gasteiger partial charge on any atom is -1.00 e. The minimum absolute atomic E-state index is 0.